The van der Waals surface area contributed by atoms with Gasteiger partial charge in [-0.05, 0) is 0 Å². The van der Waals surface area contributed by atoms with Crippen molar-refractivity contribution in [1.29, 1.82) is 0 Å². The van der Waals surface area contributed by atoms with E-state index in [0.717, 1.165) is 22.9 Å². The van der Waals surface area contributed by atoms with Crippen LogP contribution in [0.1, 0.15) is 25.0 Å². The summed E-state index contributed by atoms with van der Waals surface area (Å²) in [5.41, 5.74) is 2.30. The van der Waals surface area contributed by atoms with Crippen LogP contribution in [-0.4, -0.2) is 55.5 Å². The molecule has 0 aromatic heterocycles. The molecule has 0 saturated carbocycles. The number of aliphatic imine (C=N–C) groups is 2. The molecule has 2 heterocycles. The van der Waals surface area contributed by atoms with Crippen LogP contribution < -0.4 is 3.58 Å². The zero-order chi connectivity index (χ0) is 15.9. The van der Waals surface area contributed by atoms with Gasteiger partial charge in [0.05, 0.1) is 0 Å². The third-order valence-electron chi connectivity index (χ3n) is 3.87. The Bertz CT molecular complexity index is 600. The summed E-state index contributed by atoms with van der Waals surface area (Å²) < 4.78 is 13.1. The van der Waals surface area contributed by atoms with Crippen molar-refractivity contribution in [3.05, 3.63) is 29.3 Å². The molecule has 0 amide bonds. The van der Waals surface area contributed by atoms with E-state index >= 15 is 0 Å². The molecule has 0 fully saturated rings. The zero-order valence-corrected chi connectivity index (χ0v) is 16.9. The Morgan fingerprint density at radius 1 is 0.909 bits per heavy atom. The van der Waals surface area contributed by atoms with Crippen molar-refractivity contribution in [1.82, 2.24) is 0 Å². The molecule has 3 rings (SSSR count). The van der Waals surface area contributed by atoms with Crippen LogP contribution in [0.4, 0.5) is 0 Å². The molecule has 22 heavy (non-hydrogen) atoms. The van der Waals surface area contributed by atoms with Gasteiger partial charge in [0.2, 0.25) is 0 Å². The predicted octanol–water partition coefficient (Wildman–Crippen LogP) is 2.56. The van der Waals surface area contributed by atoms with Crippen LogP contribution >= 0.6 is 0 Å². The van der Waals surface area contributed by atoms with E-state index in [1.165, 1.54) is 3.58 Å². The van der Waals surface area contributed by atoms with Crippen molar-refractivity contribution in [2.75, 3.05) is 13.2 Å². The van der Waals surface area contributed by atoms with Crippen LogP contribution in [0.5, 0.6) is 0 Å². The molecule has 0 N–H and O–H groups in total. The molecule has 0 bridgehead atoms. The van der Waals surface area contributed by atoms with Gasteiger partial charge >= 0.3 is 137 Å². The summed E-state index contributed by atoms with van der Waals surface area (Å²) in [5, 5.41) is 0. The van der Waals surface area contributed by atoms with Gasteiger partial charge in [-0.1, -0.05) is 0 Å². The molecule has 0 radical (unpaired) electrons. The number of rotatable bonds is 3. The molecule has 5 heteroatoms. The van der Waals surface area contributed by atoms with E-state index in [0.29, 0.717) is 13.2 Å². The number of hydrogen-bond acceptors (Lipinski definition) is 4. The van der Waals surface area contributed by atoms with Crippen LogP contribution in [0.3, 0.4) is 0 Å². The third-order valence-corrected chi connectivity index (χ3v) is 9.69. The molecular weight excluding hydrogens is 383 g/mol. The van der Waals surface area contributed by atoms with Gasteiger partial charge in [0, 0.05) is 0 Å². The van der Waals surface area contributed by atoms with E-state index < -0.39 is 18.4 Å². The Kier molecular flexibility index (Phi) is 4.23. The van der Waals surface area contributed by atoms with Crippen molar-refractivity contribution in [3.8, 4) is 0 Å². The molecule has 2 aliphatic rings. The normalized spacial score (nSPS) is 24.6. The van der Waals surface area contributed by atoms with Gasteiger partial charge in [-0.2, -0.15) is 0 Å². The second-order valence-corrected chi connectivity index (χ2v) is 21.4. The van der Waals surface area contributed by atoms with Gasteiger partial charge in [0.25, 0.3) is 0 Å². The van der Waals surface area contributed by atoms with E-state index in [-0.39, 0.29) is 12.1 Å². The second-order valence-electron chi connectivity index (χ2n) is 7.17. The number of ether oxygens (including phenoxy) is 2. The fourth-order valence-corrected chi connectivity index (χ4v) is 8.66. The molecule has 4 nitrogen and oxygen atoms in total. The summed E-state index contributed by atoms with van der Waals surface area (Å²) in [5.74, 6) is 1.59. The Morgan fingerprint density at radius 3 is 1.68 bits per heavy atom. The molecular formula is C17H24N2O2Sn. The van der Waals surface area contributed by atoms with Gasteiger partial charge in [-0.3, -0.25) is 0 Å². The molecule has 0 spiro atoms. The maximum absolute atomic E-state index is 5.83. The first-order chi connectivity index (χ1) is 10.4. The zero-order valence-electron chi connectivity index (χ0n) is 14.0. The van der Waals surface area contributed by atoms with Crippen LogP contribution in [0, 0.1) is 0 Å². The van der Waals surface area contributed by atoms with Crippen LogP contribution in [0.25, 0.3) is 0 Å². The first-order valence-corrected chi connectivity index (χ1v) is 17.9. The van der Waals surface area contributed by atoms with Gasteiger partial charge in [-0.25, -0.2) is 0 Å². The van der Waals surface area contributed by atoms with E-state index in [1.807, 2.05) is 0 Å². The number of benzene rings is 1. The Morgan fingerprint density at radius 2 is 1.36 bits per heavy atom. The topological polar surface area (TPSA) is 43.2 Å². The van der Waals surface area contributed by atoms with Crippen LogP contribution in [0.2, 0.25) is 14.8 Å². The first-order valence-electron chi connectivity index (χ1n) is 7.91. The minimum absolute atomic E-state index is 0.238. The molecule has 0 saturated heterocycles. The summed E-state index contributed by atoms with van der Waals surface area (Å²) in [4.78, 5) is 16.6. The van der Waals surface area contributed by atoms with Crippen molar-refractivity contribution < 1.29 is 9.47 Å². The SMILES string of the molecule is C[C@H]1COC(c2cccc(C3=N[C@@H](C)CO3)[c]2[Sn]([CH3])([CH3])[CH3])=N1. The Hall–Kier alpha value is -1.04. The fourth-order valence-electron chi connectivity index (χ4n) is 2.96. The molecule has 118 valence electrons. The van der Waals surface area contributed by atoms with Crippen molar-refractivity contribution in [2.45, 2.75) is 40.8 Å². The summed E-state index contributed by atoms with van der Waals surface area (Å²) in [6, 6.07) is 6.81. The number of hydrogen-bond donors (Lipinski definition) is 0. The molecule has 1 aromatic rings. The van der Waals surface area contributed by atoms with E-state index in [1.54, 1.807) is 0 Å². The van der Waals surface area contributed by atoms with Crippen molar-refractivity contribution in [3.63, 3.8) is 0 Å². The van der Waals surface area contributed by atoms with Crippen molar-refractivity contribution in [2.24, 2.45) is 9.98 Å². The molecule has 0 unspecified atom stereocenters. The Labute approximate surface area is 136 Å². The van der Waals surface area contributed by atoms with E-state index in [9.17, 15) is 0 Å². The third kappa shape index (κ3) is 3.03. The summed E-state index contributed by atoms with van der Waals surface area (Å²) in [7, 11) is 0. The second kappa shape index (κ2) is 5.87. The predicted molar refractivity (Wildman–Crippen MR) is 93.3 cm³/mol. The fraction of sp³-hybridized carbons (Fsp3) is 0.529. The molecule has 0 aliphatic carbocycles. The summed E-state index contributed by atoms with van der Waals surface area (Å²) in [6.07, 6.45) is 0. The maximum atomic E-state index is 5.83. The molecule has 2 atom stereocenters. The number of nitrogens with zero attached hydrogens (tertiary/aromatic N) is 2. The quantitative estimate of drug-likeness (QED) is 0.724. The molecule has 1 aromatic carbocycles. The first kappa shape index (κ1) is 15.8. The van der Waals surface area contributed by atoms with Gasteiger partial charge in [-0.15, -0.1) is 0 Å². The van der Waals surface area contributed by atoms with Crippen molar-refractivity contribution >= 4 is 33.8 Å². The molecule has 2 aliphatic heterocycles. The minimum atomic E-state index is -2.43. The summed E-state index contributed by atoms with van der Waals surface area (Å²) >= 11 is -2.43. The van der Waals surface area contributed by atoms with Gasteiger partial charge in [0.15, 0.2) is 0 Å². The van der Waals surface area contributed by atoms with Crippen LogP contribution in [0.15, 0.2) is 28.2 Å². The average molecular weight is 407 g/mol. The van der Waals surface area contributed by atoms with E-state index in [2.05, 4.69) is 56.9 Å². The van der Waals surface area contributed by atoms with Gasteiger partial charge in [0.1, 0.15) is 0 Å². The standard InChI is InChI=1S/C14H15N2O2.3CH3.Sn/c1-9-7-17-13(15-9)11-4-3-5-12(6-11)14-16-10(2)8-18-14;;;;/h3-5,9-10H,7-8H2,1-2H3;3*1H3;/t9-,10-;;;;/m0..../s1. The van der Waals surface area contributed by atoms with Crippen LogP contribution in [-0.2, 0) is 9.47 Å². The monoisotopic (exact) mass is 408 g/mol. The van der Waals surface area contributed by atoms with Gasteiger partial charge < -0.3 is 0 Å². The average Bonchev–Trinajstić information content (AvgIpc) is 3.06. The summed E-state index contributed by atoms with van der Waals surface area (Å²) in [6.45, 7) is 5.52. The van der Waals surface area contributed by atoms with E-state index in [4.69, 9.17) is 9.47 Å². The Balaban J connectivity index is 2.16.